The van der Waals surface area contributed by atoms with Gasteiger partial charge in [0.15, 0.2) is 0 Å². The highest BCUT2D eigenvalue weighted by atomic mass is 16.5. The van der Waals surface area contributed by atoms with Crippen molar-refractivity contribution in [3.63, 3.8) is 0 Å². The molecule has 0 saturated carbocycles. The third kappa shape index (κ3) is 2.74. The van der Waals surface area contributed by atoms with Gasteiger partial charge in [-0.05, 0) is 42.5 Å². The maximum atomic E-state index is 9.05. The SMILES string of the molecule is COc1ccc(C#N)cc1-c1cn(-c2ccc(C#N)cc2)nn1. The predicted octanol–water partition coefficient (Wildman–Crippen LogP) is 2.69. The molecule has 6 nitrogen and oxygen atoms in total. The van der Waals surface area contributed by atoms with Gasteiger partial charge in [0, 0.05) is 5.56 Å². The Labute approximate surface area is 132 Å². The second-order valence-corrected chi connectivity index (χ2v) is 4.73. The fourth-order valence-electron chi connectivity index (χ4n) is 2.18. The van der Waals surface area contributed by atoms with Crippen molar-refractivity contribution in [3.05, 3.63) is 59.8 Å². The van der Waals surface area contributed by atoms with Crippen molar-refractivity contribution in [1.82, 2.24) is 15.0 Å². The zero-order chi connectivity index (χ0) is 16.2. The standard InChI is InChI=1S/C17H11N5O/c1-23-17-7-4-13(10-19)8-15(17)16-11-22(21-20-16)14-5-2-12(9-18)3-6-14/h2-8,11H,1H3. The van der Waals surface area contributed by atoms with E-state index in [1.54, 1.807) is 60.5 Å². The van der Waals surface area contributed by atoms with E-state index in [1.807, 2.05) is 0 Å². The Morgan fingerprint density at radius 3 is 2.35 bits per heavy atom. The smallest absolute Gasteiger partial charge is 0.128 e. The van der Waals surface area contributed by atoms with E-state index >= 15 is 0 Å². The van der Waals surface area contributed by atoms with Crippen molar-refractivity contribution in [2.45, 2.75) is 0 Å². The topological polar surface area (TPSA) is 87.5 Å². The first-order chi connectivity index (χ1) is 11.2. The zero-order valence-corrected chi connectivity index (χ0v) is 12.3. The largest absolute Gasteiger partial charge is 0.496 e. The molecule has 0 atom stereocenters. The molecule has 0 bridgehead atoms. The average molecular weight is 301 g/mol. The maximum absolute atomic E-state index is 9.05. The molecule has 1 aromatic heterocycles. The Hall–Kier alpha value is -3.64. The summed E-state index contributed by atoms with van der Waals surface area (Å²) in [7, 11) is 1.57. The van der Waals surface area contributed by atoms with E-state index in [-0.39, 0.29) is 0 Å². The van der Waals surface area contributed by atoms with Crippen molar-refractivity contribution in [2.24, 2.45) is 0 Å². The molecule has 3 rings (SSSR count). The monoisotopic (exact) mass is 301 g/mol. The number of nitriles is 2. The first-order valence-corrected chi connectivity index (χ1v) is 6.76. The van der Waals surface area contributed by atoms with Gasteiger partial charge in [-0.15, -0.1) is 5.10 Å². The first-order valence-electron chi connectivity index (χ1n) is 6.76. The minimum Gasteiger partial charge on any atom is -0.496 e. The van der Waals surface area contributed by atoms with Gasteiger partial charge in [0.1, 0.15) is 11.4 Å². The van der Waals surface area contributed by atoms with Crippen LogP contribution in [0, 0.1) is 22.7 Å². The normalized spacial score (nSPS) is 9.87. The van der Waals surface area contributed by atoms with Gasteiger partial charge in [0.25, 0.3) is 0 Å². The van der Waals surface area contributed by atoms with Gasteiger partial charge in [-0.3, -0.25) is 0 Å². The Bertz CT molecular complexity index is 929. The fourth-order valence-corrected chi connectivity index (χ4v) is 2.18. The number of nitrogens with zero attached hydrogens (tertiary/aromatic N) is 5. The Balaban J connectivity index is 2.02. The van der Waals surface area contributed by atoms with Crippen molar-refractivity contribution in [3.8, 4) is 34.8 Å². The lowest BCUT2D eigenvalue weighted by molar-refractivity contribution is 0.416. The highest BCUT2D eigenvalue weighted by Gasteiger charge is 2.12. The summed E-state index contributed by atoms with van der Waals surface area (Å²) in [5.74, 6) is 0.621. The summed E-state index contributed by atoms with van der Waals surface area (Å²) in [6.07, 6.45) is 1.75. The number of methoxy groups -OCH3 is 1. The molecule has 0 saturated heterocycles. The molecule has 0 unspecified atom stereocenters. The number of aromatic nitrogens is 3. The van der Waals surface area contributed by atoms with Crippen molar-refractivity contribution in [1.29, 1.82) is 10.5 Å². The third-order valence-corrected chi connectivity index (χ3v) is 3.36. The summed E-state index contributed by atoms with van der Waals surface area (Å²) in [5.41, 5.74) is 3.19. The molecule has 0 aliphatic heterocycles. The molecule has 6 heteroatoms. The Morgan fingerprint density at radius 2 is 1.70 bits per heavy atom. The third-order valence-electron chi connectivity index (χ3n) is 3.36. The van der Waals surface area contributed by atoms with Gasteiger partial charge in [0.05, 0.1) is 42.3 Å². The summed E-state index contributed by atoms with van der Waals surface area (Å²) in [6, 6.07) is 16.3. The van der Waals surface area contributed by atoms with Crippen LogP contribution in [0.2, 0.25) is 0 Å². The van der Waals surface area contributed by atoms with Gasteiger partial charge in [-0.2, -0.15) is 10.5 Å². The Morgan fingerprint density at radius 1 is 1.00 bits per heavy atom. The minimum atomic E-state index is 0.522. The van der Waals surface area contributed by atoms with E-state index in [4.69, 9.17) is 15.3 Å². The second-order valence-electron chi connectivity index (χ2n) is 4.73. The van der Waals surface area contributed by atoms with Crippen LogP contribution in [0.15, 0.2) is 48.7 Å². The van der Waals surface area contributed by atoms with Crippen LogP contribution in [-0.4, -0.2) is 22.1 Å². The van der Waals surface area contributed by atoms with Crippen LogP contribution in [0.3, 0.4) is 0 Å². The van der Waals surface area contributed by atoms with Gasteiger partial charge >= 0.3 is 0 Å². The summed E-state index contributed by atoms with van der Waals surface area (Å²) in [5, 5.41) is 26.1. The number of rotatable bonds is 3. The van der Waals surface area contributed by atoms with E-state index in [0.717, 1.165) is 5.69 Å². The number of benzene rings is 2. The summed E-state index contributed by atoms with van der Waals surface area (Å²) >= 11 is 0. The van der Waals surface area contributed by atoms with Crippen LogP contribution in [0.1, 0.15) is 11.1 Å². The summed E-state index contributed by atoms with van der Waals surface area (Å²) < 4.78 is 6.93. The van der Waals surface area contributed by atoms with Crippen LogP contribution >= 0.6 is 0 Å². The lowest BCUT2D eigenvalue weighted by Gasteiger charge is -2.05. The molecule has 0 fully saturated rings. The molecule has 0 N–H and O–H groups in total. The van der Waals surface area contributed by atoms with Crippen LogP contribution in [0.5, 0.6) is 5.75 Å². The van der Waals surface area contributed by atoms with Crippen molar-refractivity contribution in [2.75, 3.05) is 7.11 Å². The molecule has 1 heterocycles. The number of hydrogen-bond donors (Lipinski definition) is 0. The van der Waals surface area contributed by atoms with Gasteiger partial charge in [0.2, 0.25) is 0 Å². The van der Waals surface area contributed by atoms with E-state index in [2.05, 4.69) is 22.5 Å². The van der Waals surface area contributed by atoms with Crippen molar-refractivity contribution >= 4 is 0 Å². The molecule has 0 aliphatic rings. The maximum Gasteiger partial charge on any atom is 0.128 e. The molecular weight excluding hydrogens is 290 g/mol. The summed E-state index contributed by atoms with van der Waals surface area (Å²) in [6.45, 7) is 0. The van der Waals surface area contributed by atoms with Crippen LogP contribution in [0.4, 0.5) is 0 Å². The van der Waals surface area contributed by atoms with E-state index in [1.165, 1.54) is 0 Å². The van der Waals surface area contributed by atoms with Crippen LogP contribution in [-0.2, 0) is 0 Å². The van der Waals surface area contributed by atoms with Gasteiger partial charge in [-0.25, -0.2) is 4.68 Å². The molecule has 0 aliphatic carbocycles. The molecule has 0 amide bonds. The lowest BCUT2D eigenvalue weighted by atomic mass is 10.1. The molecule has 2 aromatic carbocycles. The first kappa shape index (κ1) is 14.3. The molecule has 0 radical (unpaired) electrons. The predicted molar refractivity (Wildman–Crippen MR) is 82.8 cm³/mol. The van der Waals surface area contributed by atoms with Crippen LogP contribution in [0.25, 0.3) is 16.9 Å². The quantitative estimate of drug-likeness (QED) is 0.742. The number of hydrogen-bond acceptors (Lipinski definition) is 5. The average Bonchev–Trinajstić information content (AvgIpc) is 3.11. The van der Waals surface area contributed by atoms with Crippen molar-refractivity contribution < 1.29 is 4.74 Å². The summed E-state index contributed by atoms with van der Waals surface area (Å²) in [4.78, 5) is 0. The van der Waals surface area contributed by atoms with E-state index < -0.39 is 0 Å². The van der Waals surface area contributed by atoms with Gasteiger partial charge in [-0.1, -0.05) is 5.21 Å². The molecule has 110 valence electrons. The zero-order valence-electron chi connectivity index (χ0n) is 12.3. The molecular formula is C17H11N5O. The Kier molecular flexibility index (Phi) is 3.73. The fraction of sp³-hybridized carbons (Fsp3) is 0.0588. The molecule has 23 heavy (non-hydrogen) atoms. The lowest BCUT2D eigenvalue weighted by Crippen LogP contribution is -1.94. The molecule has 0 spiro atoms. The van der Waals surface area contributed by atoms with Gasteiger partial charge < -0.3 is 4.74 Å². The molecule has 3 aromatic rings. The second kappa shape index (κ2) is 6.00. The minimum absolute atomic E-state index is 0.522. The number of ether oxygens (including phenoxy) is 1. The highest BCUT2D eigenvalue weighted by molar-refractivity contribution is 5.68. The highest BCUT2D eigenvalue weighted by Crippen LogP contribution is 2.29. The van der Waals surface area contributed by atoms with E-state index in [9.17, 15) is 0 Å². The van der Waals surface area contributed by atoms with E-state index in [0.29, 0.717) is 28.1 Å². The van der Waals surface area contributed by atoms with Crippen LogP contribution < -0.4 is 4.74 Å².